The molecule has 2 rings (SSSR count). The van der Waals surface area contributed by atoms with E-state index in [0.717, 1.165) is 23.5 Å². The van der Waals surface area contributed by atoms with Gasteiger partial charge in [-0.05, 0) is 36.4 Å². The third kappa shape index (κ3) is 4.01. The minimum atomic E-state index is -3.43. The van der Waals surface area contributed by atoms with Gasteiger partial charge in [-0.25, -0.2) is 8.42 Å². The van der Waals surface area contributed by atoms with Gasteiger partial charge in [-0.3, -0.25) is 0 Å². The third-order valence-corrected chi connectivity index (χ3v) is 6.49. The lowest BCUT2D eigenvalue weighted by atomic mass is 10.2. The summed E-state index contributed by atoms with van der Waals surface area (Å²) >= 11 is 1.79. The number of benzene rings is 1. The van der Waals surface area contributed by atoms with E-state index < -0.39 is 10.0 Å². The highest BCUT2D eigenvalue weighted by molar-refractivity contribution is 7.99. The maximum atomic E-state index is 12.5. The van der Waals surface area contributed by atoms with Crippen LogP contribution in [0, 0.1) is 11.8 Å². The Morgan fingerprint density at radius 3 is 2.67 bits per heavy atom. The van der Waals surface area contributed by atoms with Gasteiger partial charge in [0.05, 0.1) is 11.5 Å². The first-order valence-electron chi connectivity index (χ1n) is 6.81. The zero-order valence-corrected chi connectivity index (χ0v) is 13.6. The van der Waals surface area contributed by atoms with Gasteiger partial charge in [0.1, 0.15) is 0 Å². The average molecular weight is 325 g/mol. The largest absolute Gasteiger partial charge is 0.395 e. The third-order valence-electron chi connectivity index (χ3n) is 3.42. The second-order valence-corrected chi connectivity index (χ2v) is 7.99. The van der Waals surface area contributed by atoms with Crippen molar-refractivity contribution in [3.05, 3.63) is 29.8 Å². The number of aliphatic hydroxyl groups excluding tert-OH is 1. The molecule has 0 spiro atoms. The minimum absolute atomic E-state index is 0.0314. The van der Waals surface area contributed by atoms with Crippen LogP contribution in [0.4, 0.5) is 0 Å². The Hall–Kier alpha value is -1.00. The molecule has 1 aromatic carbocycles. The molecular formula is C15H19NO3S2. The van der Waals surface area contributed by atoms with Gasteiger partial charge >= 0.3 is 0 Å². The van der Waals surface area contributed by atoms with Crippen LogP contribution < -0.4 is 0 Å². The summed E-state index contributed by atoms with van der Waals surface area (Å²) in [5.41, 5.74) is 0.751. The van der Waals surface area contributed by atoms with Crippen LogP contribution in [-0.4, -0.2) is 49.0 Å². The predicted molar refractivity (Wildman–Crippen MR) is 85.7 cm³/mol. The molecule has 114 valence electrons. The first-order chi connectivity index (χ1) is 10.1. The second-order valence-electron chi connectivity index (χ2n) is 4.84. The Kier molecular flexibility index (Phi) is 5.71. The van der Waals surface area contributed by atoms with Gasteiger partial charge in [0.15, 0.2) is 0 Å². The van der Waals surface area contributed by atoms with Crippen LogP contribution in [0.3, 0.4) is 0 Å². The van der Waals surface area contributed by atoms with Crippen molar-refractivity contribution in [1.82, 2.24) is 4.31 Å². The molecule has 1 aromatic rings. The Morgan fingerprint density at radius 1 is 1.38 bits per heavy atom. The smallest absolute Gasteiger partial charge is 0.243 e. The topological polar surface area (TPSA) is 57.6 Å². The van der Waals surface area contributed by atoms with Crippen molar-refractivity contribution in [2.24, 2.45) is 0 Å². The standard InChI is InChI=1S/C15H19NO3S2/c1-16(14-9-11-20-12-14)21(18,19)15-7-5-13(6-8-15)4-2-3-10-17/h5-8,14,17H,3,9-12H2,1H3. The number of aliphatic hydroxyl groups is 1. The molecule has 21 heavy (non-hydrogen) atoms. The summed E-state index contributed by atoms with van der Waals surface area (Å²) in [5, 5.41) is 8.67. The lowest BCUT2D eigenvalue weighted by Gasteiger charge is -2.23. The first-order valence-corrected chi connectivity index (χ1v) is 9.41. The first kappa shape index (κ1) is 16.4. The van der Waals surface area contributed by atoms with Crippen LogP contribution in [-0.2, 0) is 10.0 Å². The summed E-state index contributed by atoms with van der Waals surface area (Å²) in [5.74, 6) is 7.58. The summed E-state index contributed by atoms with van der Waals surface area (Å²) in [6.07, 6.45) is 1.33. The van der Waals surface area contributed by atoms with Crippen LogP contribution in [0.15, 0.2) is 29.2 Å². The molecule has 1 atom stereocenters. The zero-order valence-electron chi connectivity index (χ0n) is 11.9. The van der Waals surface area contributed by atoms with E-state index in [4.69, 9.17) is 5.11 Å². The number of nitrogens with zero attached hydrogens (tertiary/aromatic N) is 1. The Labute approximate surface area is 130 Å². The Morgan fingerprint density at radius 2 is 2.10 bits per heavy atom. The summed E-state index contributed by atoms with van der Waals surface area (Å²) in [6, 6.07) is 6.68. The highest BCUT2D eigenvalue weighted by Gasteiger charge is 2.30. The second kappa shape index (κ2) is 7.32. The lowest BCUT2D eigenvalue weighted by Crippen LogP contribution is -2.36. The van der Waals surface area contributed by atoms with Crippen LogP contribution in [0.5, 0.6) is 0 Å². The van der Waals surface area contributed by atoms with Crippen molar-refractivity contribution >= 4 is 21.8 Å². The molecule has 1 aliphatic heterocycles. The molecule has 6 heteroatoms. The summed E-state index contributed by atoms with van der Waals surface area (Å²) in [6.45, 7) is 0.0314. The van der Waals surface area contributed by atoms with Crippen LogP contribution in [0.2, 0.25) is 0 Å². The van der Waals surface area contributed by atoms with Crippen LogP contribution >= 0.6 is 11.8 Å². The molecule has 1 heterocycles. The van der Waals surface area contributed by atoms with Crippen molar-refractivity contribution < 1.29 is 13.5 Å². The highest BCUT2D eigenvalue weighted by Crippen LogP contribution is 2.26. The normalized spacial score (nSPS) is 18.5. The van der Waals surface area contributed by atoms with Crippen molar-refractivity contribution in [2.75, 3.05) is 25.2 Å². The minimum Gasteiger partial charge on any atom is -0.395 e. The number of thioether (sulfide) groups is 1. The molecule has 0 amide bonds. The summed E-state index contributed by atoms with van der Waals surface area (Å²) in [7, 11) is -1.78. The van der Waals surface area contributed by atoms with Crippen LogP contribution in [0.25, 0.3) is 0 Å². The quantitative estimate of drug-likeness (QED) is 0.853. The van der Waals surface area contributed by atoms with E-state index in [9.17, 15) is 8.42 Å². The maximum Gasteiger partial charge on any atom is 0.243 e. The van der Waals surface area contributed by atoms with Crippen molar-refractivity contribution in [3.8, 4) is 11.8 Å². The molecular weight excluding hydrogens is 306 g/mol. The summed E-state index contributed by atoms with van der Waals surface area (Å²) in [4.78, 5) is 0.301. The van der Waals surface area contributed by atoms with E-state index in [1.807, 2.05) is 0 Å². The monoisotopic (exact) mass is 325 g/mol. The molecule has 1 aliphatic rings. The Bertz CT molecular complexity index is 623. The molecule has 0 bridgehead atoms. The number of hydrogen-bond acceptors (Lipinski definition) is 4. The molecule has 1 N–H and O–H groups in total. The maximum absolute atomic E-state index is 12.5. The van der Waals surface area contributed by atoms with Crippen molar-refractivity contribution in [1.29, 1.82) is 0 Å². The van der Waals surface area contributed by atoms with Gasteiger partial charge < -0.3 is 5.11 Å². The fraction of sp³-hybridized carbons (Fsp3) is 0.467. The van der Waals surface area contributed by atoms with E-state index in [1.54, 1.807) is 43.1 Å². The van der Waals surface area contributed by atoms with Gasteiger partial charge in [0, 0.05) is 30.8 Å². The fourth-order valence-electron chi connectivity index (χ4n) is 2.10. The van der Waals surface area contributed by atoms with Crippen molar-refractivity contribution in [3.63, 3.8) is 0 Å². The van der Waals surface area contributed by atoms with Crippen molar-refractivity contribution in [2.45, 2.75) is 23.8 Å². The number of sulfonamides is 1. The Balaban J connectivity index is 2.15. The molecule has 0 saturated carbocycles. The molecule has 4 nitrogen and oxygen atoms in total. The molecule has 1 saturated heterocycles. The van der Waals surface area contributed by atoms with E-state index in [-0.39, 0.29) is 12.6 Å². The van der Waals surface area contributed by atoms with Gasteiger partial charge in [0.25, 0.3) is 0 Å². The number of hydrogen-bond donors (Lipinski definition) is 1. The average Bonchev–Trinajstić information content (AvgIpc) is 3.01. The molecule has 0 aliphatic carbocycles. The molecule has 0 radical (unpaired) electrons. The highest BCUT2D eigenvalue weighted by atomic mass is 32.2. The predicted octanol–water partition coefficient (Wildman–Crippen LogP) is 1.55. The molecule has 1 fully saturated rings. The van der Waals surface area contributed by atoms with Gasteiger partial charge in [-0.15, -0.1) is 0 Å². The van der Waals surface area contributed by atoms with Gasteiger partial charge in [-0.1, -0.05) is 11.8 Å². The SMILES string of the molecule is CN(C1CCSC1)S(=O)(=O)c1ccc(C#CCCO)cc1. The van der Waals surface area contributed by atoms with E-state index in [1.165, 1.54) is 4.31 Å². The van der Waals surface area contributed by atoms with E-state index in [2.05, 4.69) is 11.8 Å². The molecule has 0 aromatic heterocycles. The lowest BCUT2D eigenvalue weighted by molar-refractivity contribution is 0.305. The van der Waals surface area contributed by atoms with Gasteiger partial charge in [-0.2, -0.15) is 16.1 Å². The van der Waals surface area contributed by atoms with E-state index in [0.29, 0.717) is 11.3 Å². The fourth-order valence-corrected chi connectivity index (χ4v) is 4.85. The van der Waals surface area contributed by atoms with Gasteiger partial charge in [0.2, 0.25) is 10.0 Å². The summed E-state index contributed by atoms with van der Waals surface area (Å²) < 4.78 is 26.6. The zero-order chi connectivity index (χ0) is 15.3. The van der Waals surface area contributed by atoms with E-state index >= 15 is 0 Å². The molecule has 1 unspecified atom stereocenters. The van der Waals surface area contributed by atoms with Crippen LogP contribution in [0.1, 0.15) is 18.4 Å². The number of rotatable bonds is 4.